The number of carbonyl (C=O) groups is 1. The van der Waals surface area contributed by atoms with E-state index in [1.807, 2.05) is 36.4 Å². The fraction of sp³-hybridized carbons (Fsp3) is 0.227. The molecule has 3 aromatic rings. The van der Waals surface area contributed by atoms with E-state index in [9.17, 15) is 9.18 Å². The first-order valence-corrected chi connectivity index (χ1v) is 10.1. The molecule has 1 aliphatic carbocycles. The first-order valence-electron chi connectivity index (χ1n) is 9.73. The number of hydrogen-bond acceptors (Lipinski definition) is 4. The number of anilines is 1. The van der Waals surface area contributed by atoms with Crippen molar-refractivity contribution in [1.82, 2.24) is 9.78 Å². The van der Waals surface area contributed by atoms with Crippen LogP contribution >= 0.6 is 11.6 Å². The van der Waals surface area contributed by atoms with Gasteiger partial charge in [0.25, 0.3) is 5.91 Å². The predicted molar refractivity (Wildman–Crippen MR) is 112 cm³/mol. The summed E-state index contributed by atoms with van der Waals surface area (Å²) in [6, 6.07) is 15.9. The molecule has 1 saturated carbocycles. The fourth-order valence-electron chi connectivity index (χ4n) is 3.48. The molecule has 1 N–H and O–H groups in total. The maximum absolute atomic E-state index is 14.2. The summed E-state index contributed by atoms with van der Waals surface area (Å²) >= 11 is 6.10. The van der Waals surface area contributed by atoms with Crippen LogP contribution in [0.2, 0.25) is 5.02 Å². The summed E-state index contributed by atoms with van der Waals surface area (Å²) in [7, 11) is 0. The SMILES string of the molecule is O=C(Nc1cc(C2CC2)nn1-c1ccccc1)C1CC(c2c(F)cccc2Cl)=NO1. The number of benzene rings is 2. The molecule has 0 radical (unpaired) electrons. The quantitative estimate of drug-likeness (QED) is 0.647. The van der Waals surface area contributed by atoms with Gasteiger partial charge in [0.1, 0.15) is 11.6 Å². The number of nitrogens with zero attached hydrogens (tertiary/aromatic N) is 3. The molecule has 0 saturated heterocycles. The van der Waals surface area contributed by atoms with Crippen molar-refractivity contribution in [3.63, 3.8) is 0 Å². The maximum atomic E-state index is 14.2. The standard InChI is InChI=1S/C22H18ClFN4O2/c23-15-7-4-8-16(24)21(15)18-11-19(30-27-18)22(29)25-20-12-17(13-9-10-13)26-28(20)14-5-2-1-3-6-14/h1-8,12-13,19H,9-11H2,(H,25,29). The minimum Gasteiger partial charge on any atom is -0.382 e. The van der Waals surface area contributed by atoms with Gasteiger partial charge < -0.3 is 10.2 Å². The van der Waals surface area contributed by atoms with Gasteiger partial charge in [-0.2, -0.15) is 5.10 Å². The van der Waals surface area contributed by atoms with Gasteiger partial charge >= 0.3 is 0 Å². The summed E-state index contributed by atoms with van der Waals surface area (Å²) in [6.07, 6.45) is 1.46. The molecular formula is C22H18ClFN4O2. The molecule has 8 heteroatoms. The first kappa shape index (κ1) is 18.8. The Hall–Kier alpha value is -3.19. The summed E-state index contributed by atoms with van der Waals surface area (Å²) in [5.74, 6) is 0.128. The van der Waals surface area contributed by atoms with E-state index in [0.717, 1.165) is 24.2 Å². The fourth-order valence-corrected chi connectivity index (χ4v) is 3.75. The van der Waals surface area contributed by atoms with Gasteiger partial charge in [-0.15, -0.1) is 0 Å². The van der Waals surface area contributed by atoms with Crippen molar-refractivity contribution in [2.75, 3.05) is 5.32 Å². The molecule has 30 heavy (non-hydrogen) atoms. The van der Waals surface area contributed by atoms with Gasteiger partial charge in [-0.3, -0.25) is 4.79 Å². The van der Waals surface area contributed by atoms with Crippen molar-refractivity contribution in [2.45, 2.75) is 31.3 Å². The molecule has 2 aromatic carbocycles. The second-order valence-corrected chi connectivity index (χ2v) is 7.81. The van der Waals surface area contributed by atoms with Crippen LogP contribution < -0.4 is 5.32 Å². The largest absolute Gasteiger partial charge is 0.382 e. The highest BCUT2D eigenvalue weighted by atomic mass is 35.5. The molecule has 0 spiro atoms. The maximum Gasteiger partial charge on any atom is 0.269 e. The van der Waals surface area contributed by atoms with E-state index >= 15 is 0 Å². The van der Waals surface area contributed by atoms with E-state index < -0.39 is 11.9 Å². The normalized spacial score (nSPS) is 18.1. The molecule has 1 fully saturated rings. The molecule has 152 valence electrons. The highest BCUT2D eigenvalue weighted by Crippen LogP contribution is 2.40. The minimum atomic E-state index is -0.876. The van der Waals surface area contributed by atoms with E-state index in [2.05, 4.69) is 15.6 Å². The van der Waals surface area contributed by atoms with Crippen LogP contribution in [-0.2, 0) is 9.63 Å². The van der Waals surface area contributed by atoms with Crippen LogP contribution in [0.3, 0.4) is 0 Å². The Morgan fingerprint density at radius 3 is 2.70 bits per heavy atom. The molecular weight excluding hydrogens is 407 g/mol. The van der Waals surface area contributed by atoms with Crippen LogP contribution in [0.1, 0.15) is 36.4 Å². The zero-order chi connectivity index (χ0) is 20.7. The molecule has 2 aliphatic rings. The zero-order valence-corrected chi connectivity index (χ0v) is 16.6. The first-order chi connectivity index (χ1) is 14.6. The van der Waals surface area contributed by atoms with E-state index in [1.54, 1.807) is 10.7 Å². The molecule has 5 rings (SSSR count). The highest BCUT2D eigenvalue weighted by molar-refractivity contribution is 6.34. The third-order valence-electron chi connectivity index (χ3n) is 5.19. The monoisotopic (exact) mass is 424 g/mol. The topological polar surface area (TPSA) is 68.5 Å². The minimum absolute atomic E-state index is 0.126. The average Bonchev–Trinajstić information content (AvgIpc) is 3.33. The van der Waals surface area contributed by atoms with Crippen molar-refractivity contribution in [3.8, 4) is 5.69 Å². The number of hydrogen-bond donors (Lipinski definition) is 1. The van der Waals surface area contributed by atoms with Gasteiger partial charge in [-0.25, -0.2) is 9.07 Å². The van der Waals surface area contributed by atoms with E-state index in [0.29, 0.717) is 17.4 Å². The Morgan fingerprint density at radius 2 is 1.97 bits per heavy atom. The lowest BCUT2D eigenvalue weighted by atomic mass is 10.0. The van der Waals surface area contributed by atoms with Crippen LogP contribution in [0.4, 0.5) is 10.2 Å². The molecule has 1 amide bonds. The molecule has 1 aromatic heterocycles. The van der Waals surface area contributed by atoms with Crippen molar-refractivity contribution >= 4 is 29.0 Å². The van der Waals surface area contributed by atoms with Gasteiger partial charge in [0.2, 0.25) is 6.10 Å². The third-order valence-corrected chi connectivity index (χ3v) is 5.50. The average molecular weight is 425 g/mol. The van der Waals surface area contributed by atoms with E-state index in [4.69, 9.17) is 16.4 Å². The van der Waals surface area contributed by atoms with Gasteiger partial charge in [-0.05, 0) is 37.1 Å². The summed E-state index contributed by atoms with van der Waals surface area (Å²) in [5.41, 5.74) is 2.28. The lowest BCUT2D eigenvalue weighted by Crippen LogP contribution is -2.29. The number of amides is 1. The second-order valence-electron chi connectivity index (χ2n) is 7.40. The van der Waals surface area contributed by atoms with Gasteiger partial charge in [-0.1, -0.05) is 41.0 Å². The van der Waals surface area contributed by atoms with Crippen molar-refractivity contribution in [3.05, 3.63) is 76.7 Å². The lowest BCUT2D eigenvalue weighted by molar-refractivity contribution is -0.125. The zero-order valence-electron chi connectivity index (χ0n) is 15.9. The number of para-hydroxylation sites is 1. The van der Waals surface area contributed by atoms with Crippen LogP contribution in [0.25, 0.3) is 5.69 Å². The Balaban J connectivity index is 1.35. The summed E-state index contributed by atoms with van der Waals surface area (Å²) < 4.78 is 15.9. The van der Waals surface area contributed by atoms with Crippen molar-refractivity contribution in [2.24, 2.45) is 5.16 Å². The van der Waals surface area contributed by atoms with Crippen LogP contribution in [-0.4, -0.2) is 27.5 Å². The molecule has 6 nitrogen and oxygen atoms in total. The Bertz CT molecular complexity index is 1120. The lowest BCUT2D eigenvalue weighted by Gasteiger charge is -2.11. The smallest absolute Gasteiger partial charge is 0.269 e. The summed E-state index contributed by atoms with van der Waals surface area (Å²) in [4.78, 5) is 18.2. The number of aromatic nitrogens is 2. The van der Waals surface area contributed by atoms with Crippen LogP contribution in [0.15, 0.2) is 59.8 Å². The number of rotatable bonds is 5. The van der Waals surface area contributed by atoms with E-state index in [1.165, 1.54) is 12.1 Å². The van der Waals surface area contributed by atoms with Crippen LogP contribution in [0, 0.1) is 5.82 Å². The van der Waals surface area contributed by atoms with Gasteiger partial charge in [0.05, 0.1) is 27.7 Å². The Morgan fingerprint density at radius 1 is 1.17 bits per heavy atom. The summed E-state index contributed by atoms with van der Waals surface area (Å²) in [6.45, 7) is 0. The van der Waals surface area contributed by atoms with Crippen LogP contribution in [0.5, 0.6) is 0 Å². The Kier molecular flexibility index (Phi) is 4.75. The third kappa shape index (κ3) is 3.57. The number of carbonyl (C=O) groups excluding carboxylic acids is 1. The predicted octanol–water partition coefficient (Wildman–Crippen LogP) is 4.67. The molecule has 2 heterocycles. The molecule has 1 unspecified atom stereocenters. The molecule has 0 bridgehead atoms. The van der Waals surface area contributed by atoms with Crippen molar-refractivity contribution in [1.29, 1.82) is 0 Å². The van der Waals surface area contributed by atoms with Gasteiger partial charge in [0, 0.05) is 18.4 Å². The Labute approximate surface area is 177 Å². The van der Waals surface area contributed by atoms with E-state index in [-0.39, 0.29) is 22.9 Å². The van der Waals surface area contributed by atoms with Crippen molar-refractivity contribution < 1.29 is 14.0 Å². The molecule has 1 atom stereocenters. The highest BCUT2D eigenvalue weighted by Gasteiger charge is 2.33. The number of oxime groups is 1. The summed E-state index contributed by atoms with van der Waals surface area (Å²) in [5, 5.41) is 11.7. The number of halogens is 2. The van der Waals surface area contributed by atoms with Gasteiger partial charge in [0.15, 0.2) is 0 Å². The number of nitrogens with one attached hydrogen (secondary N) is 1. The molecule has 1 aliphatic heterocycles. The second kappa shape index (κ2) is 7.57.